The number of aromatic hydroxyl groups is 1. The summed E-state index contributed by atoms with van der Waals surface area (Å²) in [5.41, 5.74) is 3.23. The van der Waals surface area contributed by atoms with E-state index in [1.807, 2.05) is 18.0 Å². The summed E-state index contributed by atoms with van der Waals surface area (Å²) in [6.07, 6.45) is 14.2. The molecule has 3 unspecified atom stereocenters. The Bertz CT molecular complexity index is 1150. The third kappa shape index (κ3) is 3.68. The number of carbonyl (C=O) groups is 1. The van der Waals surface area contributed by atoms with E-state index in [1.165, 1.54) is 24.0 Å². The van der Waals surface area contributed by atoms with Crippen LogP contribution in [-0.4, -0.2) is 59.6 Å². The Hall–Kier alpha value is -2.73. The van der Waals surface area contributed by atoms with Crippen LogP contribution in [0, 0.1) is 11.8 Å². The van der Waals surface area contributed by atoms with E-state index in [1.54, 1.807) is 30.7 Å². The van der Waals surface area contributed by atoms with Gasteiger partial charge in [0.1, 0.15) is 6.10 Å². The summed E-state index contributed by atoms with van der Waals surface area (Å²) in [7, 11) is 4.21. The van der Waals surface area contributed by atoms with Gasteiger partial charge in [-0.05, 0) is 81.2 Å². The molecule has 1 N–H and O–H groups in total. The highest BCUT2D eigenvalue weighted by atomic mass is 16.5. The van der Waals surface area contributed by atoms with Crippen molar-refractivity contribution in [2.45, 2.75) is 75.5 Å². The number of carbonyl (C=O) groups excluding carboxylic acids is 1. The van der Waals surface area contributed by atoms with Crippen LogP contribution in [0.25, 0.3) is 6.08 Å². The Balaban J connectivity index is 1.38. The number of furan rings is 1. The van der Waals surface area contributed by atoms with Gasteiger partial charge in [-0.15, -0.1) is 0 Å². The average molecular weight is 491 g/mol. The lowest BCUT2D eigenvalue weighted by atomic mass is 9.52. The van der Waals surface area contributed by atoms with Crippen LogP contribution in [0.4, 0.5) is 0 Å². The predicted molar refractivity (Wildman–Crippen MR) is 139 cm³/mol. The van der Waals surface area contributed by atoms with E-state index in [2.05, 4.69) is 24.9 Å². The molecule has 2 aromatic rings. The smallest absolute Gasteiger partial charge is 0.246 e. The van der Waals surface area contributed by atoms with Crippen molar-refractivity contribution < 1.29 is 19.1 Å². The lowest BCUT2D eigenvalue weighted by Gasteiger charge is -2.56. The fraction of sp³-hybridized carbons (Fsp3) is 0.567. The second kappa shape index (κ2) is 8.98. The maximum atomic E-state index is 13.3. The van der Waals surface area contributed by atoms with Gasteiger partial charge in [0, 0.05) is 42.3 Å². The van der Waals surface area contributed by atoms with Gasteiger partial charge < -0.3 is 24.1 Å². The van der Waals surface area contributed by atoms with Gasteiger partial charge >= 0.3 is 0 Å². The lowest BCUT2D eigenvalue weighted by Crippen LogP contribution is -2.65. The summed E-state index contributed by atoms with van der Waals surface area (Å²) in [5, 5.41) is 10.9. The number of amides is 1. The van der Waals surface area contributed by atoms with Crippen molar-refractivity contribution >= 4 is 12.0 Å². The van der Waals surface area contributed by atoms with E-state index in [0.29, 0.717) is 17.7 Å². The molecule has 0 spiro atoms. The second-order valence-electron chi connectivity index (χ2n) is 11.5. The van der Waals surface area contributed by atoms with E-state index < -0.39 is 0 Å². The van der Waals surface area contributed by atoms with Gasteiger partial charge in [0.15, 0.2) is 11.5 Å². The van der Waals surface area contributed by atoms with Crippen molar-refractivity contribution in [3.63, 3.8) is 0 Å². The normalized spacial score (nSPS) is 30.4. The van der Waals surface area contributed by atoms with Crippen LogP contribution in [0.5, 0.6) is 11.5 Å². The van der Waals surface area contributed by atoms with E-state index >= 15 is 0 Å². The molecule has 36 heavy (non-hydrogen) atoms. The molecule has 192 valence electrons. The third-order valence-electron chi connectivity index (χ3n) is 9.40. The highest BCUT2D eigenvalue weighted by Gasteiger charge is 2.64. The first-order chi connectivity index (χ1) is 17.4. The molecule has 6 rings (SSSR count). The number of hydrogen-bond donors (Lipinski definition) is 1. The van der Waals surface area contributed by atoms with Crippen LogP contribution in [0.2, 0.25) is 0 Å². The molecule has 0 saturated heterocycles. The minimum Gasteiger partial charge on any atom is -0.504 e. The Morgan fingerprint density at radius 3 is 2.72 bits per heavy atom. The van der Waals surface area contributed by atoms with Gasteiger partial charge in [-0.1, -0.05) is 19.4 Å². The number of rotatable bonds is 8. The number of likely N-dealkylation sites (N-methyl/N-ethyl adjacent to an activating group) is 2. The number of nitrogens with zero attached hydrogens (tertiary/aromatic N) is 2. The molecule has 2 saturated carbocycles. The standard InChI is InChI=1S/C30H38N2O4/c1-4-14-30-22-9-10-23(32(3)26(34)12-7-20-13-15-35-18-20)29(30)36-28-25(33)11-8-21(27(28)30)16-24(22)31(2)17-19-5-6-19/h7-8,11-13,15,18-19,22-24,29,33H,4-6,9-10,14,16-17H2,1-3H3/b12-7+/t22?,23-,24?,29?,30+/m0/s1. The van der Waals surface area contributed by atoms with Crippen LogP contribution in [0.15, 0.2) is 41.2 Å². The molecule has 0 radical (unpaired) electrons. The Morgan fingerprint density at radius 2 is 2.00 bits per heavy atom. The second-order valence-corrected chi connectivity index (χ2v) is 11.5. The first-order valence-corrected chi connectivity index (χ1v) is 13.6. The van der Waals surface area contributed by atoms with Crippen LogP contribution in [-0.2, 0) is 16.6 Å². The van der Waals surface area contributed by atoms with Gasteiger partial charge in [0.25, 0.3) is 0 Å². The fourth-order valence-corrected chi connectivity index (χ4v) is 7.65. The summed E-state index contributed by atoms with van der Waals surface area (Å²) in [6.45, 7) is 3.41. The predicted octanol–water partition coefficient (Wildman–Crippen LogP) is 5.00. The maximum Gasteiger partial charge on any atom is 0.246 e. The van der Waals surface area contributed by atoms with Crippen LogP contribution >= 0.6 is 0 Å². The highest BCUT2D eigenvalue weighted by Crippen LogP contribution is 2.63. The molecule has 1 aliphatic heterocycles. The van der Waals surface area contributed by atoms with Gasteiger partial charge in [-0.2, -0.15) is 0 Å². The van der Waals surface area contributed by atoms with Crippen molar-refractivity contribution in [2.75, 3.05) is 20.6 Å². The summed E-state index contributed by atoms with van der Waals surface area (Å²) in [6, 6.07) is 6.17. The summed E-state index contributed by atoms with van der Waals surface area (Å²) < 4.78 is 11.9. The van der Waals surface area contributed by atoms with E-state index in [9.17, 15) is 9.90 Å². The minimum absolute atomic E-state index is 0.0338. The molecule has 4 aliphatic rings. The van der Waals surface area contributed by atoms with E-state index in [0.717, 1.165) is 50.1 Å². The zero-order chi connectivity index (χ0) is 25.0. The van der Waals surface area contributed by atoms with Gasteiger partial charge in [0.05, 0.1) is 18.6 Å². The SMILES string of the molecule is CCC[C@@]12c3c4ccc(O)c3OC1[C@@H](N(C)C(=O)/C=C/c1ccoc1)CCC2C(N(C)CC1CC1)C4. The molecule has 5 atom stereocenters. The van der Waals surface area contributed by atoms with Crippen LogP contribution < -0.4 is 4.74 Å². The topological polar surface area (TPSA) is 66.2 Å². The van der Waals surface area contributed by atoms with Crippen molar-refractivity contribution in [3.8, 4) is 11.5 Å². The molecule has 0 bridgehead atoms. The number of hydrogen-bond acceptors (Lipinski definition) is 5. The number of benzene rings is 1. The maximum absolute atomic E-state index is 13.3. The molecule has 2 fully saturated rings. The highest BCUT2D eigenvalue weighted by molar-refractivity contribution is 5.91. The quantitative estimate of drug-likeness (QED) is 0.528. The molecule has 1 amide bonds. The number of phenolic OH excluding ortho intramolecular Hbond substituents is 1. The molecule has 6 heteroatoms. The summed E-state index contributed by atoms with van der Waals surface area (Å²) in [4.78, 5) is 17.8. The van der Waals surface area contributed by atoms with E-state index in [4.69, 9.17) is 9.15 Å². The molecule has 2 heterocycles. The minimum atomic E-state index is -0.190. The monoisotopic (exact) mass is 490 g/mol. The fourth-order valence-electron chi connectivity index (χ4n) is 7.65. The first-order valence-electron chi connectivity index (χ1n) is 13.6. The van der Waals surface area contributed by atoms with Crippen LogP contribution in [0.1, 0.15) is 62.1 Å². The molecular formula is C30H38N2O4. The van der Waals surface area contributed by atoms with Crippen molar-refractivity contribution in [2.24, 2.45) is 11.8 Å². The van der Waals surface area contributed by atoms with Gasteiger partial charge in [-0.25, -0.2) is 0 Å². The molecular weight excluding hydrogens is 452 g/mol. The molecule has 6 nitrogen and oxygen atoms in total. The largest absolute Gasteiger partial charge is 0.504 e. The Labute approximate surface area is 213 Å². The van der Waals surface area contributed by atoms with Crippen LogP contribution in [0.3, 0.4) is 0 Å². The zero-order valence-corrected chi connectivity index (χ0v) is 21.7. The van der Waals surface area contributed by atoms with Gasteiger partial charge in [-0.3, -0.25) is 4.79 Å². The molecule has 1 aromatic heterocycles. The number of ether oxygens (including phenoxy) is 1. The summed E-state index contributed by atoms with van der Waals surface area (Å²) >= 11 is 0. The van der Waals surface area contributed by atoms with Crippen molar-refractivity contribution in [1.82, 2.24) is 9.80 Å². The van der Waals surface area contributed by atoms with E-state index in [-0.39, 0.29) is 29.2 Å². The average Bonchev–Trinajstić information content (AvgIpc) is 3.38. The Kier molecular flexibility index (Phi) is 5.90. The zero-order valence-electron chi connectivity index (χ0n) is 21.7. The molecule has 3 aliphatic carbocycles. The summed E-state index contributed by atoms with van der Waals surface area (Å²) in [5.74, 6) is 2.15. The lowest BCUT2D eigenvalue weighted by molar-refractivity contribution is -0.132. The third-order valence-corrected chi connectivity index (χ3v) is 9.40. The van der Waals surface area contributed by atoms with Gasteiger partial charge in [0.2, 0.25) is 5.91 Å². The van der Waals surface area contributed by atoms with Crippen molar-refractivity contribution in [3.05, 3.63) is 53.5 Å². The van der Waals surface area contributed by atoms with Crippen molar-refractivity contribution in [1.29, 1.82) is 0 Å². The first kappa shape index (κ1) is 23.7. The number of phenols is 1. The molecule has 1 aromatic carbocycles. The Morgan fingerprint density at radius 1 is 1.17 bits per heavy atom.